The van der Waals surface area contributed by atoms with Gasteiger partial charge in [0.05, 0.1) is 0 Å². The number of rotatable bonds is 67. The summed E-state index contributed by atoms with van der Waals surface area (Å²) in [5.74, 6) is -0.849. The third-order valence-electron chi connectivity index (χ3n) is 16.2. The van der Waals surface area contributed by atoms with Gasteiger partial charge in [0.25, 0.3) is 0 Å². The van der Waals surface area contributed by atoms with Crippen LogP contribution in [-0.4, -0.2) is 37.2 Å². The number of unbranched alkanes of at least 4 members (excludes halogenated alkanes) is 44. The summed E-state index contributed by atoms with van der Waals surface area (Å²) in [4.78, 5) is 38.3. The van der Waals surface area contributed by atoms with Crippen LogP contribution in [0.25, 0.3) is 0 Å². The van der Waals surface area contributed by atoms with Gasteiger partial charge in [0.15, 0.2) is 6.10 Å². The fourth-order valence-electron chi connectivity index (χ4n) is 10.8. The number of esters is 3. The lowest BCUT2D eigenvalue weighted by Crippen LogP contribution is -2.30. The highest BCUT2D eigenvalue weighted by molar-refractivity contribution is 5.71. The predicted molar refractivity (Wildman–Crippen MR) is 362 cm³/mol. The van der Waals surface area contributed by atoms with E-state index in [4.69, 9.17) is 14.2 Å². The first kappa shape index (κ1) is 79.8. The van der Waals surface area contributed by atoms with Gasteiger partial charge in [0.2, 0.25) is 0 Å². The van der Waals surface area contributed by atoms with Crippen LogP contribution in [0.5, 0.6) is 0 Å². The van der Waals surface area contributed by atoms with Crippen molar-refractivity contribution >= 4 is 17.9 Å². The Morgan fingerprint density at radius 1 is 0.253 bits per heavy atom. The maximum atomic E-state index is 12.9. The molecule has 0 aromatic rings. The van der Waals surface area contributed by atoms with Gasteiger partial charge in [-0.05, 0) is 89.9 Å². The summed E-state index contributed by atoms with van der Waals surface area (Å²) in [6.07, 6.45) is 93.8. The van der Waals surface area contributed by atoms with Crippen LogP contribution in [0.1, 0.15) is 380 Å². The van der Waals surface area contributed by atoms with Crippen LogP contribution in [0.15, 0.2) is 72.9 Å². The molecule has 1 atom stereocenters. The van der Waals surface area contributed by atoms with E-state index in [0.717, 1.165) is 89.9 Å². The second-order valence-electron chi connectivity index (χ2n) is 24.5. The van der Waals surface area contributed by atoms with Gasteiger partial charge in [-0.2, -0.15) is 0 Å². The standard InChI is InChI=1S/C77H138O6/c1-4-7-10-13-16-19-21-23-25-27-29-31-33-35-37-38-40-41-43-45-47-49-51-53-55-58-61-64-67-70-76(79)82-73-74(72-81-75(78)69-66-63-60-57-18-15-12-9-6-3)83-77(80)71-68-65-62-59-56-54-52-50-48-46-44-42-39-36-34-32-30-28-26-24-22-20-17-14-11-8-5-2/h7,10,16,19,22-25,28-31,74H,4-6,8-9,11-15,17-18,20-21,26-27,32-73H2,1-3H3/b10-7-,19-16-,24-22-,25-23-,30-28-,31-29-. The zero-order valence-electron chi connectivity index (χ0n) is 55.5. The van der Waals surface area contributed by atoms with E-state index < -0.39 is 6.10 Å². The lowest BCUT2D eigenvalue weighted by atomic mass is 10.0. The van der Waals surface area contributed by atoms with Crippen molar-refractivity contribution in [3.63, 3.8) is 0 Å². The molecule has 0 saturated carbocycles. The smallest absolute Gasteiger partial charge is 0.306 e. The minimum atomic E-state index is -0.772. The Morgan fingerprint density at radius 3 is 0.735 bits per heavy atom. The average molecular weight is 1160 g/mol. The molecule has 0 aromatic carbocycles. The van der Waals surface area contributed by atoms with Gasteiger partial charge < -0.3 is 14.2 Å². The van der Waals surface area contributed by atoms with Crippen molar-refractivity contribution < 1.29 is 28.6 Å². The molecule has 1 unspecified atom stereocenters. The van der Waals surface area contributed by atoms with E-state index in [-0.39, 0.29) is 31.1 Å². The number of allylic oxidation sites excluding steroid dienone is 12. The topological polar surface area (TPSA) is 78.9 Å². The summed E-state index contributed by atoms with van der Waals surface area (Å²) in [5, 5.41) is 0. The van der Waals surface area contributed by atoms with Crippen LogP contribution in [0.3, 0.4) is 0 Å². The summed E-state index contributed by atoms with van der Waals surface area (Å²) in [5.41, 5.74) is 0. The highest BCUT2D eigenvalue weighted by Gasteiger charge is 2.19. The van der Waals surface area contributed by atoms with E-state index in [9.17, 15) is 14.4 Å². The number of ether oxygens (including phenoxy) is 3. The van der Waals surface area contributed by atoms with E-state index in [1.807, 2.05) is 0 Å². The van der Waals surface area contributed by atoms with E-state index in [0.29, 0.717) is 19.3 Å². The van der Waals surface area contributed by atoms with Gasteiger partial charge in [-0.3, -0.25) is 14.4 Å². The molecule has 0 heterocycles. The second kappa shape index (κ2) is 71.3. The van der Waals surface area contributed by atoms with Gasteiger partial charge in [-0.1, -0.05) is 344 Å². The van der Waals surface area contributed by atoms with Crippen molar-refractivity contribution in [3.8, 4) is 0 Å². The third-order valence-corrected chi connectivity index (χ3v) is 16.2. The van der Waals surface area contributed by atoms with Crippen molar-refractivity contribution in [2.45, 2.75) is 386 Å². The third kappa shape index (κ3) is 69.5. The molecule has 0 aromatic heterocycles. The molecule has 0 N–H and O–H groups in total. The molecular weight excluding hydrogens is 1020 g/mol. The quantitative estimate of drug-likeness (QED) is 0.0261. The molecule has 6 heteroatoms. The second-order valence-corrected chi connectivity index (χ2v) is 24.5. The molecule has 6 nitrogen and oxygen atoms in total. The molecule has 0 aliphatic rings. The van der Waals surface area contributed by atoms with E-state index >= 15 is 0 Å². The van der Waals surface area contributed by atoms with Gasteiger partial charge in [-0.25, -0.2) is 0 Å². The van der Waals surface area contributed by atoms with E-state index in [1.54, 1.807) is 0 Å². The van der Waals surface area contributed by atoms with Gasteiger partial charge in [0.1, 0.15) is 13.2 Å². The SMILES string of the molecule is CC/C=C\C/C=C\C/C=C\C/C=C\CCCCCCCCCCCCCCCCCCC(=O)OCC(COC(=O)CCCCCCCCCCC)OC(=O)CCCCCCCCCCCCCCCCC/C=C\C/C=C\CCCCCCC. The average Bonchev–Trinajstić information content (AvgIpc) is 3.49. The summed E-state index contributed by atoms with van der Waals surface area (Å²) in [6, 6.07) is 0. The first-order chi connectivity index (χ1) is 41.0. The van der Waals surface area contributed by atoms with Crippen LogP contribution in [0.2, 0.25) is 0 Å². The molecule has 0 aliphatic carbocycles. The molecule has 0 saturated heterocycles. The molecule has 0 bridgehead atoms. The van der Waals surface area contributed by atoms with Gasteiger partial charge in [-0.15, -0.1) is 0 Å². The van der Waals surface area contributed by atoms with Crippen molar-refractivity contribution in [2.75, 3.05) is 13.2 Å². The van der Waals surface area contributed by atoms with Crippen molar-refractivity contribution in [2.24, 2.45) is 0 Å². The molecule has 0 spiro atoms. The fraction of sp³-hybridized carbons (Fsp3) is 0.805. The van der Waals surface area contributed by atoms with Crippen molar-refractivity contribution in [1.29, 1.82) is 0 Å². The Bertz CT molecular complexity index is 1520. The van der Waals surface area contributed by atoms with Crippen LogP contribution in [0.4, 0.5) is 0 Å². The Balaban J connectivity index is 4.10. The van der Waals surface area contributed by atoms with Crippen LogP contribution < -0.4 is 0 Å². The Kier molecular flexibility index (Phi) is 68.6. The summed E-state index contributed by atoms with van der Waals surface area (Å²) < 4.78 is 17.0. The number of carbonyl (C=O) groups excluding carboxylic acids is 3. The molecule has 0 fully saturated rings. The molecule has 0 aliphatic heterocycles. The highest BCUT2D eigenvalue weighted by atomic mass is 16.6. The van der Waals surface area contributed by atoms with Crippen LogP contribution >= 0.6 is 0 Å². The number of hydrogen-bond donors (Lipinski definition) is 0. The molecule has 0 rings (SSSR count). The molecule has 83 heavy (non-hydrogen) atoms. The van der Waals surface area contributed by atoms with Crippen LogP contribution in [0, 0.1) is 0 Å². The zero-order valence-corrected chi connectivity index (χ0v) is 55.5. The first-order valence-corrected chi connectivity index (χ1v) is 36.4. The monoisotopic (exact) mass is 1160 g/mol. The lowest BCUT2D eigenvalue weighted by molar-refractivity contribution is -0.167. The minimum Gasteiger partial charge on any atom is -0.462 e. The molecular formula is C77H138O6. The number of hydrogen-bond acceptors (Lipinski definition) is 6. The number of carbonyl (C=O) groups is 3. The van der Waals surface area contributed by atoms with E-state index in [2.05, 4.69) is 93.7 Å². The summed E-state index contributed by atoms with van der Waals surface area (Å²) in [6.45, 7) is 6.55. The Labute approximate surface area is 516 Å². The maximum Gasteiger partial charge on any atom is 0.306 e. The molecule has 482 valence electrons. The zero-order chi connectivity index (χ0) is 59.9. The lowest BCUT2D eigenvalue weighted by Gasteiger charge is -2.18. The minimum absolute atomic E-state index is 0.0696. The van der Waals surface area contributed by atoms with Gasteiger partial charge in [0, 0.05) is 19.3 Å². The Hall–Kier alpha value is -3.15. The highest BCUT2D eigenvalue weighted by Crippen LogP contribution is 2.18. The maximum absolute atomic E-state index is 12.9. The summed E-state index contributed by atoms with van der Waals surface area (Å²) >= 11 is 0. The van der Waals surface area contributed by atoms with E-state index in [1.165, 1.54) is 250 Å². The normalized spacial score (nSPS) is 12.5. The van der Waals surface area contributed by atoms with Gasteiger partial charge >= 0.3 is 17.9 Å². The van der Waals surface area contributed by atoms with Crippen LogP contribution in [-0.2, 0) is 28.6 Å². The largest absolute Gasteiger partial charge is 0.462 e. The van der Waals surface area contributed by atoms with Crippen molar-refractivity contribution in [3.05, 3.63) is 72.9 Å². The predicted octanol–water partition coefficient (Wildman–Crippen LogP) is 25.2. The fourth-order valence-corrected chi connectivity index (χ4v) is 10.8. The molecule has 0 radical (unpaired) electrons. The molecule has 0 amide bonds. The van der Waals surface area contributed by atoms with Crippen molar-refractivity contribution in [1.82, 2.24) is 0 Å². The summed E-state index contributed by atoms with van der Waals surface area (Å²) in [7, 11) is 0. The first-order valence-electron chi connectivity index (χ1n) is 36.4. The Morgan fingerprint density at radius 2 is 0.470 bits per heavy atom.